The molecule has 2 aromatic carbocycles. The summed E-state index contributed by atoms with van der Waals surface area (Å²) in [5.74, 6) is 0.359. The highest BCUT2D eigenvalue weighted by molar-refractivity contribution is 6.30. The van der Waals surface area contributed by atoms with Gasteiger partial charge in [-0.2, -0.15) is 0 Å². The Morgan fingerprint density at radius 3 is 2.67 bits per heavy atom. The third-order valence-electron chi connectivity index (χ3n) is 4.80. The second-order valence-corrected chi connectivity index (χ2v) is 6.92. The van der Waals surface area contributed by atoms with Crippen LogP contribution < -0.4 is 4.90 Å². The number of benzene rings is 2. The largest absolute Gasteiger partial charge is 0.364 e. The molecule has 1 unspecified atom stereocenters. The number of Topliss-reactive ketones (excluding diaryl/α,β-unsaturated/α-hetero) is 1. The molecular formula is C21H24ClNO. The van der Waals surface area contributed by atoms with Gasteiger partial charge >= 0.3 is 0 Å². The van der Waals surface area contributed by atoms with Crippen LogP contribution in [0.4, 0.5) is 5.69 Å². The van der Waals surface area contributed by atoms with Crippen LogP contribution in [0.5, 0.6) is 0 Å². The van der Waals surface area contributed by atoms with Gasteiger partial charge in [0.1, 0.15) is 5.78 Å². The summed E-state index contributed by atoms with van der Waals surface area (Å²) in [5, 5.41) is 0.742. The van der Waals surface area contributed by atoms with E-state index < -0.39 is 0 Å². The molecule has 3 heteroatoms. The van der Waals surface area contributed by atoms with E-state index in [1.807, 2.05) is 12.1 Å². The Balaban J connectivity index is 1.89. The Labute approximate surface area is 149 Å². The van der Waals surface area contributed by atoms with Crippen molar-refractivity contribution in [3.05, 3.63) is 64.7 Å². The first-order valence-corrected chi connectivity index (χ1v) is 9.18. The van der Waals surface area contributed by atoms with Crippen LogP contribution in [0.1, 0.15) is 49.8 Å². The number of nitrogens with zero attached hydrogens (tertiary/aromatic N) is 1. The van der Waals surface area contributed by atoms with Crippen molar-refractivity contribution in [3.8, 4) is 0 Å². The lowest BCUT2D eigenvalue weighted by atomic mass is 9.88. The van der Waals surface area contributed by atoms with Gasteiger partial charge in [-0.05, 0) is 48.2 Å². The fraction of sp³-hybridized carbons (Fsp3) is 0.381. The van der Waals surface area contributed by atoms with E-state index in [4.69, 9.17) is 11.6 Å². The summed E-state index contributed by atoms with van der Waals surface area (Å²) in [4.78, 5) is 14.8. The van der Waals surface area contributed by atoms with E-state index in [0.29, 0.717) is 18.6 Å². The standard InChI is InChI=1S/C21H24ClNO/c1-2-3-7-19(24)15-21-20-8-5-4-6-16(20)13-14-23(21)18-11-9-17(22)10-12-18/h4-6,8-12,21H,2-3,7,13-15H2,1H3. The fourth-order valence-corrected chi connectivity index (χ4v) is 3.63. The Hall–Kier alpha value is -1.80. The van der Waals surface area contributed by atoms with E-state index >= 15 is 0 Å². The molecule has 0 fully saturated rings. The van der Waals surface area contributed by atoms with Gasteiger partial charge < -0.3 is 4.90 Å². The maximum atomic E-state index is 12.5. The molecule has 0 amide bonds. The van der Waals surface area contributed by atoms with Crippen LogP contribution >= 0.6 is 11.6 Å². The number of ketones is 1. The van der Waals surface area contributed by atoms with Gasteiger partial charge in [0.25, 0.3) is 0 Å². The highest BCUT2D eigenvalue weighted by atomic mass is 35.5. The lowest BCUT2D eigenvalue weighted by Crippen LogP contribution is -2.36. The monoisotopic (exact) mass is 341 g/mol. The number of hydrogen-bond donors (Lipinski definition) is 0. The fourth-order valence-electron chi connectivity index (χ4n) is 3.50. The molecular weight excluding hydrogens is 318 g/mol. The van der Waals surface area contributed by atoms with Crippen LogP contribution in [0, 0.1) is 0 Å². The molecule has 126 valence electrons. The minimum Gasteiger partial charge on any atom is -0.364 e. The Morgan fingerprint density at radius 1 is 1.17 bits per heavy atom. The number of fused-ring (bicyclic) bond motifs is 1. The van der Waals surface area contributed by atoms with Crippen LogP contribution in [0.2, 0.25) is 5.02 Å². The quantitative estimate of drug-likeness (QED) is 0.682. The van der Waals surface area contributed by atoms with Gasteiger partial charge in [-0.1, -0.05) is 49.2 Å². The van der Waals surface area contributed by atoms with Crippen LogP contribution in [0.15, 0.2) is 48.5 Å². The molecule has 1 aliphatic heterocycles. The van der Waals surface area contributed by atoms with Crippen LogP contribution in [0.25, 0.3) is 0 Å². The molecule has 2 nitrogen and oxygen atoms in total. The molecule has 0 saturated carbocycles. The maximum Gasteiger partial charge on any atom is 0.135 e. The third kappa shape index (κ3) is 3.81. The van der Waals surface area contributed by atoms with Crippen LogP contribution in [-0.2, 0) is 11.2 Å². The maximum absolute atomic E-state index is 12.5. The van der Waals surface area contributed by atoms with E-state index in [0.717, 1.165) is 36.5 Å². The smallest absolute Gasteiger partial charge is 0.135 e. The molecule has 0 bridgehead atoms. The summed E-state index contributed by atoms with van der Waals surface area (Å²) in [6, 6.07) is 16.6. The van der Waals surface area contributed by atoms with Gasteiger partial charge in [0, 0.05) is 30.1 Å². The van der Waals surface area contributed by atoms with Gasteiger partial charge in [-0.25, -0.2) is 0 Å². The van der Waals surface area contributed by atoms with Gasteiger partial charge in [0.05, 0.1) is 6.04 Å². The molecule has 0 aliphatic carbocycles. The minimum absolute atomic E-state index is 0.125. The Morgan fingerprint density at radius 2 is 1.92 bits per heavy atom. The molecule has 0 N–H and O–H groups in total. The summed E-state index contributed by atoms with van der Waals surface area (Å²) in [7, 11) is 0. The highest BCUT2D eigenvalue weighted by Gasteiger charge is 2.29. The molecule has 0 spiro atoms. The van der Waals surface area contributed by atoms with Crippen molar-refractivity contribution in [2.75, 3.05) is 11.4 Å². The Kier molecular flexibility index (Phi) is 5.57. The third-order valence-corrected chi connectivity index (χ3v) is 5.05. The zero-order chi connectivity index (χ0) is 16.9. The number of unbranched alkanes of at least 4 members (excludes halogenated alkanes) is 1. The second kappa shape index (κ2) is 7.85. The molecule has 0 radical (unpaired) electrons. The second-order valence-electron chi connectivity index (χ2n) is 6.48. The van der Waals surface area contributed by atoms with Crippen LogP contribution in [-0.4, -0.2) is 12.3 Å². The van der Waals surface area contributed by atoms with Crippen molar-refractivity contribution >= 4 is 23.1 Å². The molecule has 2 aromatic rings. The minimum atomic E-state index is 0.125. The molecule has 1 aliphatic rings. The summed E-state index contributed by atoms with van der Waals surface area (Å²) in [5.41, 5.74) is 3.81. The first kappa shape index (κ1) is 17.0. The SMILES string of the molecule is CCCCC(=O)CC1c2ccccc2CCN1c1ccc(Cl)cc1. The highest BCUT2D eigenvalue weighted by Crippen LogP contribution is 2.36. The van der Waals surface area contributed by atoms with E-state index in [2.05, 4.69) is 48.2 Å². The molecule has 0 saturated heterocycles. The van der Waals surface area contributed by atoms with E-state index in [1.54, 1.807) is 0 Å². The number of carbonyl (C=O) groups excluding carboxylic acids is 1. The van der Waals surface area contributed by atoms with Gasteiger partial charge in [-0.3, -0.25) is 4.79 Å². The van der Waals surface area contributed by atoms with E-state index in [1.165, 1.54) is 11.1 Å². The van der Waals surface area contributed by atoms with Crippen molar-refractivity contribution in [1.29, 1.82) is 0 Å². The first-order chi connectivity index (χ1) is 11.7. The summed E-state index contributed by atoms with van der Waals surface area (Å²) < 4.78 is 0. The number of rotatable bonds is 6. The normalized spacial score (nSPS) is 16.8. The van der Waals surface area contributed by atoms with Crippen molar-refractivity contribution in [1.82, 2.24) is 0 Å². The zero-order valence-electron chi connectivity index (χ0n) is 14.2. The lowest BCUT2D eigenvalue weighted by Gasteiger charge is -2.39. The van der Waals surface area contributed by atoms with Crippen molar-refractivity contribution in [2.45, 2.75) is 45.1 Å². The predicted molar refractivity (Wildman–Crippen MR) is 101 cm³/mol. The number of anilines is 1. The summed E-state index contributed by atoms with van der Waals surface area (Å²) in [6.45, 7) is 3.06. The first-order valence-electron chi connectivity index (χ1n) is 8.80. The van der Waals surface area contributed by atoms with Crippen molar-refractivity contribution < 1.29 is 4.79 Å². The van der Waals surface area contributed by atoms with E-state index in [9.17, 15) is 4.79 Å². The average molecular weight is 342 g/mol. The zero-order valence-corrected chi connectivity index (χ0v) is 14.9. The Bertz CT molecular complexity index is 695. The molecule has 3 rings (SSSR count). The van der Waals surface area contributed by atoms with Gasteiger partial charge in [-0.15, -0.1) is 0 Å². The van der Waals surface area contributed by atoms with Crippen molar-refractivity contribution in [2.24, 2.45) is 0 Å². The topological polar surface area (TPSA) is 20.3 Å². The van der Waals surface area contributed by atoms with E-state index in [-0.39, 0.29) is 6.04 Å². The summed E-state index contributed by atoms with van der Waals surface area (Å²) >= 11 is 6.04. The summed E-state index contributed by atoms with van der Waals surface area (Å²) in [6.07, 6.45) is 4.32. The molecule has 24 heavy (non-hydrogen) atoms. The predicted octanol–water partition coefficient (Wildman–Crippen LogP) is 5.59. The number of carbonyl (C=O) groups is 1. The number of hydrogen-bond acceptors (Lipinski definition) is 2. The van der Waals surface area contributed by atoms with Gasteiger partial charge in [0.2, 0.25) is 0 Å². The molecule has 0 aromatic heterocycles. The average Bonchev–Trinajstić information content (AvgIpc) is 2.61. The van der Waals surface area contributed by atoms with Crippen molar-refractivity contribution in [3.63, 3.8) is 0 Å². The molecule has 1 heterocycles. The van der Waals surface area contributed by atoms with Gasteiger partial charge in [0.15, 0.2) is 0 Å². The molecule has 1 atom stereocenters. The number of halogens is 1. The van der Waals surface area contributed by atoms with Crippen LogP contribution in [0.3, 0.4) is 0 Å². The lowest BCUT2D eigenvalue weighted by molar-refractivity contribution is -0.119.